The molecule has 0 heterocycles. The topological polar surface area (TPSA) is 37.3 Å². The van der Waals surface area contributed by atoms with Crippen LogP contribution in [0.1, 0.15) is 58.3 Å². The Bertz CT molecular complexity index is 317. The van der Waals surface area contributed by atoms with Crippen LogP contribution in [0.15, 0.2) is 0 Å². The predicted molar refractivity (Wildman–Crippen MR) is 66.6 cm³/mol. The van der Waals surface area contributed by atoms with Crippen molar-refractivity contribution in [2.24, 2.45) is 29.1 Å². The van der Waals surface area contributed by atoms with Crippen LogP contribution in [0.5, 0.6) is 0 Å². The van der Waals surface area contributed by atoms with Gasteiger partial charge in [0.1, 0.15) is 0 Å². The van der Waals surface area contributed by atoms with E-state index in [2.05, 4.69) is 6.92 Å². The summed E-state index contributed by atoms with van der Waals surface area (Å²) in [6.45, 7) is 2.31. The number of carboxylic acid groups (broad SMARTS) is 1. The van der Waals surface area contributed by atoms with E-state index in [0.717, 1.165) is 31.1 Å². The molecule has 0 aromatic carbocycles. The van der Waals surface area contributed by atoms with Crippen molar-refractivity contribution in [2.45, 2.75) is 58.3 Å². The summed E-state index contributed by atoms with van der Waals surface area (Å²) in [5.74, 6) is 2.06. The summed E-state index contributed by atoms with van der Waals surface area (Å²) in [5, 5.41) is 9.80. The van der Waals surface area contributed by atoms with Gasteiger partial charge in [-0.1, -0.05) is 26.2 Å². The molecule has 1 N–H and O–H groups in total. The molecule has 0 aliphatic heterocycles. The van der Waals surface area contributed by atoms with Gasteiger partial charge in [-0.05, 0) is 55.8 Å². The first kappa shape index (κ1) is 11.6. The van der Waals surface area contributed by atoms with Gasteiger partial charge in [-0.3, -0.25) is 4.79 Å². The molecule has 3 aliphatic carbocycles. The summed E-state index contributed by atoms with van der Waals surface area (Å²) in [4.78, 5) is 11.9. The minimum absolute atomic E-state index is 0.316. The van der Waals surface area contributed by atoms with Crippen LogP contribution in [0.2, 0.25) is 0 Å². The summed E-state index contributed by atoms with van der Waals surface area (Å²) in [6, 6.07) is 0. The van der Waals surface area contributed by atoms with E-state index < -0.39 is 5.97 Å². The molecule has 3 saturated carbocycles. The van der Waals surface area contributed by atoms with Gasteiger partial charge in [0.05, 0.1) is 5.41 Å². The lowest BCUT2D eigenvalue weighted by molar-refractivity contribution is -0.158. The van der Waals surface area contributed by atoms with Crippen molar-refractivity contribution in [3.63, 3.8) is 0 Å². The first-order valence-electron chi connectivity index (χ1n) is 7.36. The van der Waals surface area contributed by atoms with Gasteiger partial charge in [0.25, 0.3) is 0 Å². The smallest absolute Gasteiger partial charge is 0.310 e. The van der Waals surface area contributed by atoms with E-state index in [0.29, 0.717) is 11.8 Å². The Balaban J connectivity index is 1.83. The molecule has 0 saturated heterocycles. The molecule has 3 atom stereocenters. The molecular formula is C15H24O2. The van der Waals surface area contributed by atoms with Crippen LogP contribution in [0.3, 0.4) is 0 Å². The third-order valence-electron chi connectivity index (χ3n) is 6.04. The first-order valence-corrected chi connectivity index (χ1v) is 7.36. The molecule has 17 heavy (non-hydrogen) atoms. The molecule has 3 unspecified atom stereocenters. The quantitative estimate of drug-likeness (QED) is 0.793. The lowest BCUT2D eigenvalue weighted by atomic mass is 9.60. The highest BCUT2D eigenvalue weighted by Crippen LogP contribution is 2.61. The van der Waals surface area contributed by atoms with Crippen molar-refractivity contribution < 1.29 is 9.90 Å². The molecule has 2 heteroatoms. The molecular weight excluding hydrogens is 212 g/mol. The third kappa shape index (κ3) is 1.63. The fourth-order valence-corrected chi connectivity index (χ4v) is 5.08. The van der Waals surface area contributed by atoms with E-state index in [4.69, 9.17) is 0 Å². The Morgan fingerprint density at radius 2 is 1.71 bits per heavy atom. The van der Waals surface area contributed by atoms with E-state index in [1.165, 1.54) is 32.1 Å². The molecule has 0 radical (unpaired) electrons. The van der Waals surface area contributed by atoms with Gasteiger partial charge in [0.2, 0.25) is 0 Å². The van der Waals surface area contributed by atoms with Crippen molar-refractivity contribution in [1.82, 2.24) is 0 Å². The SMILES string of the molecule is CC1CCC(C2(C(=O)O)CC3CCC2C3)CC1. The Morgan fingerprint density at radius 1 is 1.06 bits per heavy atom. The molecule has 96 valence electrons. The standard InChI is InChI=1S/C15H24O2/c1-10-2-5-12(6-3-10)15(14(16)17)9-11-4-7-13(15)8-11/h10-13H,2-9H2,1H3,(H,16,17). The van der Waals surface area contributed by atoms with E-state index in [1.807, 2.05) is 0 Å². The van der Waals surface area contributed by atoms with Crippen molar-refractivity contribution in [3.8, 4) is 0 Å². The van der Waals surface area contributed by atoms with Crippen LogP contribution < -0.4 is 0 Å². The maximum absolute atomic E-state index is 11.9. The summed E-state index contributed by atoms with van der Waals surface area (Å²) in [6.07, 6.45) is 9.50. The van der Waals surface area contributed by atoms with Crippen LogP contribution in [0.4, 0.5) is 0 Å². The van der Waals surface area contributed by atoms with Gasteiger partial charge < -0.3 is 5.11 Å². The number of fused-ring (bicyclic) bond motifs is 2. The van der Waals surface area contributed by atoms with Crippen LogP contribution in [-0.4, -0.2) is 11.1 Å². The highest BCUT2D eigenvalue weighted by atomic mass is 16.4. The number of hydrogen-bond acceptors (Lipinski definition) is 1. The minimum Gasteiger partial charge on any atom is -0.481 e. The molecule has 0 amide bonds. The molecule has 2 nitrogen and oxygen atoms in total. The number of rotatable bonds is 2. The maximum atomic E-state index is 11.9. The van der Waals surface area contributed by atoms with Crippen molar-refractivity contribution in [1.29, 1.82) is 0 Å². The van der Waals surface area contributed by atoms with Gasteiger partial charge in [0.15, 0.2) is 0 Å². The largest absolute Gasteiger partial charge is 0.481 e. The van der Waals surface area contributed by atoms with E-state index in [9.17, 15) is 9.90 Å². The minimum atomic E-state index is -0.468. The average Bonchev–Trinajstić information content (AvgIpc) is 2.90. The average molecular weight is 236 g/mol. The highest BCUT2D eigenvalue weighted by Gasteiger charge is 2.59. The molecule has 3 fully saturated rings. The van der Waals surface area contributed by atoms with Gasteiger partial charge in [-0.2, -0.15) is 0 Å². The second kappa shape index (κ2) is 4.00. The van der Waals surface area contributed by atoms with Crippen molar-refractivity contribution >= 4 is 5.97 Å². The predicted octanol–water partition coefficient (Wildman–Crippen LogP) is 3.70. The number of carboxylic acids is 1. The van der Waals surface area contributed by atoms with Gasteiger partial charge in [-0.15, -0.1) is 0 Å². The lowest BCUT2D eigenvalue weighted by Gasteiger charge is -2.43. The lowest BCUT2D eigenvalue weighted by Crippen LogP contribution is -2.44. The maximum Gasteiger partial charge on any atom is 0.310 e. The van der Waals surface area contributed by atoms with Crippen molar-refractivity contribution in [2.75, 3.05) is 0 Å². The number of hydrogen-bond donors (Lipinski definition) is 1. The monoisotopic (exact) mass is 236 g/mol. The first-order chi connectivity index (χ1) is 8.13. The zero-order chi connectivity index (χ0) is 12.0. The molecule has 0 aromatic heterocycles. The fraction of sp³-hybridized carbons (Fsp3) is 0.933. The highest BCUT2D eigenvalue weighted by molar-refractivity contribution is 5.76. The van der Waals surface area contributed by atoms with Crippen LogP contribution in [0.25, 0.3) is 0 Å². The van der Waals surface area contributed by atoms with Gasteiger partial charge in [-0.25, -0.2) is 0 Å². The summed E-state index contributed by atoms with van der Waals surface area (Å²) in [5.41, 5.74) is -0.316. The molecule has 0 aromatic rings. The Kier molecular flexibility index (Phi) is 2.72. The van der Waals surface area contributed by atoms with Gasteiger partial charge in [0, 0.05) is 0 Å². The summed E-state index contributed by atoms with van der Waals surface area (Å²) in [7, 11) is 0. The second-order valence-electron chi connectivity index (χ2n) is 6.88. The second-order valence-corrected chi connectivity index (χ2v) is 6.88. The van der Waals surface area contributed by atoms with Crippen LogP contribution in [-0.2, 0) is 4.79 Å². The zero-order valence-corrected chi connectivity index (χ0v) is 10.8. The zero-order valence-electron chi connectivity index (χ0n) is 10.8. The van der Waals surface area contributed by atoms with Crippen molar-refractivity contribution in [3.05, 3.63) is 0 Å². The van der Waals surface area contributed by atoms with E-state index >= 15 is 0 Å². The van der Waals surface area contributed by atoms with Crippen LogP contribution >= 0.6 is 0 Å². The Labute approximate surface area is 104 Å². The molecule has 2 bridgehead atoms. The Hall–Kier alpha value is -0.530. The van der Waals surface area contributed by atoms with Crippen LogP contribution in [0, 0.1) is 29.1 Å². The fourth-order valence-electron chi connectivity index (χ4n) is 5.08. The molecule has 3 rings (SSSR count). The van der Waals surface area contributed by atoms with Gasteiger partial charge >= 0.3 is 5.97 Å². The molecule has 0 spiro atoms. The third-order valence-corrected chi connectivity index (χ3v) is 6.04. The van der Waals surface area contributed by atoms with E-state index in [1.54, 1.807) is 0 Å². The number of carbonyl (C=O) groups is 1. The normalized spacial score (nSPS) is 49.5. The summed E-state index contributed by atoms with van der Waals surface area (Å²) < 4.78 is 0. The Morgan fingerprint density at radius 3 is 2.18 bits per heavy atom. The number of aliphatic carboxylic acids is 1. The summed E-state index contributed by atoms with van der Waals surface area (Å²) >= 11 is 0. The van der Waals surface area contributed by atoms with E-state index in [-0.39, 0.29) is 5.41 Å². The molecule has 3 aliphatic rings.